The fraction of sp³-hybridized carbons (Fsp3) is 0.300. The first-order valence-electron chi connectivity index (χ1n) is 8.98. The number of rotatable bonds is 6. The van der Waals surface area contributed by atoms with Crippen LogP contribution in [-0.4, -0.2) is 31.4 Å². The van der Waals surface area contributed by atoms with Crippen molar-refractivity contribution in [3.63, 3.8) is 0 Å². The summed E-state index contributed by atoms with van der Waals surface area (Å²) in [6.07, 6.45) is 0. The van der Waals surface area contributed by atoms with Gasteiger partial charge < -0.3 is 5.32 Å². The molecule has 0 aliphatic heterocycles. The molecule has 0 unspecified atom stereocenters. The zero-order valence-corrected chi connectivity index (χ0v) is 17.8. The van der Waals surface area contributed by atoms with Gasteiger partial charge in [0.25, 0.3) is 0 Å². The molecule has 1 atom stereocenters. The van der Waals surface area contributed by atoms with Crippen molar-refractivity contribution < 1.29 is 4.79 Å². The van der Waals surface area contributed by atoms with E-state index in [2.05, 4.69) is 34.7 Å². The van der Waals surface area contributed by atoms with Crippen LogP contribution in [0.2, 0.25) is 5.02 Å². The zero-order valence-electron chi connectivity index (χ0n) is 16.2. The molecule has 0 fully saturated rings. The summed E-state index contributed by atoms with van der Waals surface area (Å²) in [5.74, 6) is 0.218. The molecule has 0 spiro atoms. The number of carbonyl (C=O) groups excluding carboxylic acids is 1. The number of hydrogen-bond acceptors (Lipinski definition) is 5. The Labute approximate surface area is 173 Å². The molecule has 1 N–H and O–H groups in total. The monoisotopic (exact) mass is 415 g/mol. The molecule has 3 rings (SSSR count). The summed E-state index contributed by atoms with van der Waals surface area (Å²) < 4.78 is 1.58. The number of para-hydroxylation sites is 1. The molecule has 0 saturated carbocycles. The molecule has 6 nitrogen and oxygen atoms in total. The first kappa shape index (κ1) is 20.4. The molecule has 0 saturated heterocycles. The molecule has 28 heavy (non-hydrogen) atoms. The molecule has 0 aliphatic carbocycles. The van der Waals surface area contributed by atoms with Gasteiger partial charge in [0.2, 0.25) is 11.1 Å². The highest BCUT2D eigenvalue weighted by Crippen LogP contribution is 2.29. The predicted octanol–water partition coefficient (Wildman–Crippen LogP) is 4.87. The van der Waals surface area contributed by atoms with E-state index >= 15 is 0 Å². The Kier molecular flexibility index (Phi) is 6.36. The first-order valence-corrected chi connectivity index (χ1v) is 10.2. The Bertz CT molecular complexity index is 988. The van der Waals surface area contributed by atoms with Gasteiger partial charge in [0.15, 0.2) is 0 Å². The van der Waals surface area contributed by atoms with E-state index in [1.807, 2.05) is 44.2 Å². The number of amides is 1. The summed E-state index contributed by atoms with van der Waals surface area (Å²) in [6.45, 7) is 8.06. The van der Waals surface area contributed by atoms with Crippen molar-refractivity contribution in [3.05, 3.63) is 58.6 Å². The maximum Gasteiger partial charge on any atom is 0.237 e. The molecule has 1 amide bonds. The number of thioether (sulfide) groups is 1. The lowest BCUT2D eigenvalue weighted by Gasteiger charge is -2.18. The second-order valence-electron chi connectivity index (χ2n) is 6.80. The smallest absolute Gasteiger partial charge is 0.237 e. The molecule has 3 aromatic rings. The summed E-state index contributed by atoms with van der Waals surface area (Å²) in [5, 5.41) is 15.6. The SMILES string of the molecule is Cc1cccc(C(C)C)c1NC(=O)[C@@H](C)Sc1nnnn1-c1cccc(Cl)c1. The zero-order chi connectivity index (χ0) is 20.3. The predicted molar refractivity (Wildman–Crippen MR) is 113 cm³/mol. The van der Waals surface area contributed by atoms with Crippen LogP contribution in [0.25, 0.3) is 5.69 Å². The average Bonchev–Trinajstić information content (AvgIpc) is 3.11. The van der Waals surface area contributed by atoms with Gasteiger partial charge in [-0.15, -0.1) is 5.10 Å². The Morgan fingerprint density at radius 2 is 1.93 bits per heavy atom. The summed E-state index contributed by atoms with van der Waals surface area (Å²) in [5.41, 5.74) is 3.79. The van der Waals surface area contributed by atoms with Gasteiger partial charge in [-0.2, -0.15) is 4.68 Å². The van der Waals surface area contributed by atoms with E-state index in [4.69, 9.17) is 11.6 Å². The lowest BCUT2D eigenvalue weighted by atomic mass is 9.98. The van der Waals surface area contributed by atoms with Gasteiger partial charge >= 0.3 is 0 Å². The van der Waals surface area contributed by atoms with Crippen molar-refractivity contribution in [1.82, 2.24) is 20.2 Å². The van der Waals surface area contributed by atoms with Gasteiger partial charge in [-0.1, -0.05) is 61.5 Å². The van der Waals surface area contributed by atoms with Gasteiger partial charge in [-0.05, 0) is 59.5 Å². The highest BCUT2D eigenvalue weighted by atomic mass is 35.5. The van der Waals surface area contributed by atoms with Crippen LogP contribution in [0.5, 0.6) is 0 Å². The van der Waals surface area contributed by atoms with Gasteiger partial charge in [-0.25, -0.2) is 0 Å². The van der Waals surface area contributed by atoms with E-state index in [0.717, 1.165) is 22.5 Å². The van der Waals surface area contributed by atoms with Crippen LogP contribution >= 0.6 is 23.4 Å². The van der Waals surface area contributed by atoms with Gasteiger partial charge in [-0.3, -0.25) is 4.79 Å². The molecule has 0 aliphatic rings. The lowest BCUT2D eigenvalue weighted by Crippen LogP contribution is -2.24. The van der Waals surface area contributed by atoms with Crippen molar-refractivity contribution in [2.45, 2.75) is 44.0 Å². The molecule has 2 aromatic carbocycles. The van der Waals surface area contributed by atoms with Crippen molar-refractivity contribution in [3.8, 4) is 5.69 Å². The minimum atomic E-state index is -0.386. The number of halogens is 1. The third-order valence-corrected chi connectivity index (χ3v) is 5.59. The summed E-state index contributed by atoms with van der Waals surface area (Å²) in [7, 11) is 0. The van der Waals surface area contributed by atoms with Crippen LogP contribution in [0.4, 0.5) is 5.69 Å². The van der Waals surface area contributed by atoms with Crippen LogP contribution < -0.4 is 5.32 Å². The van der Waals surface area contributed by atoms with Crippen molar-refractivity contribution in [1.29, 1.82) is 0 Å². The van der Waals surface area contributed by atoms with Crippen molar-refractivity contribution >= 4 is 35.0 Å². The van der Waals surface area contributed by atoms with Crippen LogP contribution in [0.3, 0.4) is 0 Å². The van der Waals surface area contributed by atoms with E-state index < -0.39 is 0 Å². The van der Waals surface area contributed by atoms with Crippen LogP contribution in [-0.2, 0) is 4.79 Å². The fourth-order valence-electron chi connectivity index (χ4n) is 2.80. The number of tetrazole rings is 1. The molecule has 0 radical (unpaired) electrons. The maximum atomic E-state index is 12.8. The minimum Gasteiger partial charge on any atom is -0.325 e. The fourth-order valence-corrected chi connectivity index (χ4v) is 3.79. The quantitative estimate of drug-likeness (QED) is 0.581. The molecular formula is C20H22ClN5OS. The Balaban J connectivity index is 1.78. The molecule has 8 heteroatoms. The third kappa shape index (κ3) is 4.54. The van der Waals surface area contributed by atoms with Crippen LogP contribution in [0.15, 0.2) is 47.6 Å². The molecule has 1 heterocycles. The van der Waals surface area contributed by atoms with Crippen LogP contribution in [0.1, 0.15) is 37.8 Å². The number of carbonyl (C=O) groups is 1. The van der Waals surface area contributed by atoms with Crippen molar-refractivity contribution in [2.24, 2.45) is 0 Å². The summed E-state index contributed by atoms with van der Waals surface area (Å²) in [4.78, 5) is 12.8. The van der Waals surface area contributed by atoms with E-state index in [0.29, 0.717) is 16.1 Å². The lowest BCUT2D eigenvalue weighted by molar-refractivity contribution is -0.115. The molecule has 1 aromatic heterocycles. The third-order valence-electron chi connectivity index (χ3n) is 4.32. The van der Waals surface area contributed by atoms with E-state index in [-0.39, 0.29) is 11.2 Å². The molecule has 0 bridgehead atoms. The Morgan fingerprint density at radius 1 is 1.18 bits per heavy atom. The van der Waals surface area contributed by atoms with Crippen molar-refractivity contribution in [2.75, 3.05) is 5.32 Å². The van der Waals surface area contributed by atoms with Gasteiger partial charge in [0.05, 0.1) is 10.9 Å². The molecule has 146 valence electrons. The number of hydrogen-bond donors (Lipinski definition) is 1. The number of benzene rings is 2. The minimum absolute atomic E-state index is 0.0955. The first-order chi connectivity index (χ1) is 13.4. The highest BCUT2D eigenvalue weighted by molar-refractivity contribution is 8.00. The normalized spacial score (nSPS) is 12.2. The highest BCUT2D eigenvalue weighted by Gasteiger charge is 2.21. The number of aryl methyl sites for hydroxylation is 1. The van der Waals surface area contributed by atoms with E-state index in [9.17, 15) is 4.79 Å². The van der Waals surface area contributed by atoms with Gasteiger partial charge in [0.1, 0.15) is 0 Å². The number of nitrogens with one attached hydrogen (secondary N) is 1. The molecular weight excluding hydrogens is 394 g/mol. The Morgan fingerprint density at radius 3 is 2.64 bits per heavy atom. The second-order valence-corrected chi connectivity index (χ2v) is 8.54. The van der Waals surface area contributed by atoms with E-state index in [1.54, 1.807) is 16.8 Å². The largest absolute Gasteiger partial charge is 0.325 e. The van der Waals surface area contributed by atoms with Crippen LogP contribution in [0, 0.1) is 6.92 Å². The average molecular weight is 416 g/mol. The number of nitrogens with zero attached hydrogens (tertiary/aromatic N) is 4. The van der Waals surface area contributed by atoms with Gasteiger partial charge in [0, 0.05) is 10.7 Å². The number of aromatic nitrogens is 4. The Hall–Kier alpha value is -2.38. The van der Waals surface area contributed by atoms with E-state index in [1.165, 1.54) is 11.8 Å². The summed E-state index contributed by atoms with van der Waals surface area (Å²) in [6, 6.07) is 13.3. The standard InChI is InChI=1S/C20H22ClN5OS/c1-12(2)17-10-5-7-13(3)18(17)22-19(27)14(4)28-20-23-24-25-26(20)16-9-6-8-15(21)11-16/h5-12,14H,1-4H3,(H,22,27)/t14-/m1/s1. The summed E-state index contributed by atoms with van der Waals surface area (Å²) >= 11 is 7.36. The topological polar surface area (TPSA) is 72.7 Å². The second kappa shape index (κ2) is 8.75. The maximum absolute atomic E-state index is 12.8. The number of anilines is 1.